The van der Waals surface area contributed by atoms with E-state index in [4.69, 9.17) is 11.6 Å². The number of carbonyl (C=O) groups is 1. The molecule has 0 saturated carbocycles. The summed E-state index contributed by atoms with van der Waals surface area (Å²) in [6, 6.07) is 11.8. The summed E-state index contributed by atoms with van der Waals surface area (Å²) < 4.78 is 1.65. The number of halogens is 1. The fourth-order valence-corrected chi connectivity index (χ4v) is 3.64. The van der Waals surface area contributed by atoms with Crippen LogP contribution in [0.1, 0.15) is 15.9 Å². The zero-order valence-electron chi connectivity index (χ0n) is 14.4. The van der Waals surface area contributed by atoms with Gasteiger partial charge in [0.25, 0.3) is 17.5 Å². The molecule has 0 aliphatic carbocycles. The fourth-order valence-electron chi connectivity index (χ4n) is 2.62. The number of aromatic nitrogens is 3. The Morgan fingerprint density at radius 3 is 2.71 bits per heavy atom. The molecule has 0 spiro atoms. The molecular weight excluding hydrogens is 402 g/mol. The van der Waals surface area contributed by atoms with Crippen molar-refractivity contribution < 1.29 is 9.72 Å². The molecule has 1 N–H and O–H groups in total. The largest absolute Gasteiger partial charge is 0.289 e. The van der Waals surface area contributed by atoms with Crippen molar-refractivity contribution in [2.24, 2.45) is 0 Å². The third kappa shape index (κ3) is 3.32. The molecule has 10 heteroatoms. The van der Waals surface area contributed by atoms with E-state index in [1.807, 2.05) is 36.6 Å². The van der Waals surface area contributed by atoms with E-state index < -0.39 is 10.8 Å². The second-order valence-corrected chi connectivity index (χ2v) is 7.24. The van der Waals surface area contributed by atoms with E-state index in [9.17, 15) is 14.9 Å². The van der Waals surface area contributed by atoms with Crippen molar-refractivity contribution in [1.82, 2.24) is 14.6 Å². The Hall–Kier alpha value is -3.30. The minimum absolute atomic E-state index is 0.0371. The van der Waals surface area contributed by atoms with Crippen molar-refractivity contribution in [1.29, 1.82) is 0 Å². The maximum atomic E-state index is 12.4. The second kappa shape index (κ2) is 7.02. The molecular formula is C18H12ClN5O3S. The first-order valence-electron chi connectivity index (χ1n) is 8.09. The number of nitro benzene ring substituents is 1. The minimum Gasteiger partial charge on any atom is -0.289 e. The van der Waals surface area contributed by atoms with Gasteiger partial charge in [0.05, 0.1) is 10.6 Å². The first-order chi connectivity index (χ1) is 13.4. The lowest BCUT2D eigenvalue weighted by atomic mass is 10.1. The molecule has 0 unspecified atom stereocenters. The SMILES string of the molecule is Cc1ccc(-c2csc3nc(NC(=O)c4ccc(Cl)c([N+](=O)[O-])c4)nn23)cc1. The van der Waals surface area contributed by atoms with Crippen molar-refractivity contribution in [3.05, 3.63) is 74.1 Å². The van der Waals surface area contributed by atoms with Gasteiger partial charge in [-0.3, -0.25) is 20.2 Å². The Kier molecular flexibility index (Phi) is 4.54. The van der Waals surface area contributed by atoms with Gasteiger partial charge in [0, 0.05) is 22.6 Å². The van der Waals surface area contributed by atoms with Crippen LogP contribution < -0.4 is 5.32 Å². The Bertz CT molecular complexity index is 1220. The third-order valence-electron chi connectivity index (χ3n) is 4.06. The summed E-state index contributed by atoms with van der Waals surface area (Å²) in [6.07, 6.45) is 0. The number of nitrogens with zero attached hydrogens (tertiary/aromatic N) is 4. The normalized spacial score (nSPS) is 10.9. The number of rotatable bonds is 4. The van der Waals surface area contributed by atoms with Crippen molar-refractivity contribution in [3.8, 4) is 11.3 Å². The summed E-state index contributed by atoms with van der Waals surface area (Å²) in [6.45, 7) is 2.01. The number of nitrogens with one attached hydrogen (secondary N) is 1. The minimum atomic E-state index is -0.641. The van der Waals surface area contributed by atoms with Gasteiger partial charge in [0.15, 0.2) is 0 Å². The molecule has 4 rings (SSSR count). The molecule has 28 heavy (non-hydrogen) atoms. The molecule has 0 fully saturated rings. The first kappa shape index (κ1) is 18.1. The zero-order chi connectivity index (χ0) is 19.8. The number of nitro groups is 1. The van der Waals surface area contributed by atoms with E-state index in [1.165, 1.54) is 23.5 Å². The number of carbonyl (C=O) groups excluding carboxylic acids is 1. The number of thiazole rings is 1. The molecule has 4 aromatic rings. The number of aryl methyl sites for hydroxylation is 1. The van der Waals surface area contributed by atoms with Crippen molar-refractivity contribution >= 4 is 45.4 Å². The van der Waals surface area contributed by atoms with Crippen LogP contribution in [0.2, 0.25) is 5.02 Å². The van der Waals surface area contributed by atoms with Gasteiger partial charge < -0.3 is 0 Å². The summed E-state index contributed by atoms with van der Waals surface area (Å²) in [7, 11) is 0. The Morgan fingerprint density at radius 2 is 2.00 bits per heavy atom. The van der Waals surface area contributed by atoms with Crippen molar-refractivity contribution in [2.45, 2.75) is 6.92 Å². The summed E-state index contributed by atoms with van der Waals surface area (Å²) >= 11 is 7.18. The first-order valence-corrected chi connectivity index (χ1v) is 9.35. The monoisotopic (exact) mass is 413 g/mol. The van der Waals surface area contributed by atoms with Gasteiger partial charge in [0.1, 0.15) is 5.02 Å². The molecule has 0 bridgehead atoms. The summed E-state index contributed by atoms with van der Waals surface area (Å²) in [5, 5.41) is 19.8. The summed E-state index contributed by atoms with van der Waals surface area (Å²) in [4.78, 5) is 27.7. The standard InChI is InChI=1S/C18H12ClN5O3S/c1-10-2-4-11(5-3-10)15-9-28-18-21-17(22-23(15)18)20-16(25)12-6-7-13(19)14(8-12)24(26)27/h2-9H,1H3,(H,20,22,25). The Labute approximate surface area is 167 Å². The topological polar surface area (TPSA) is 102 Å². The van der Waals surface area contributed by atoms with Gasteiger partial charge >= 0.3 is 0 Å². The lowest BCUT2D eigenvalue weighted by Crippen LogP contribution is -2.13. The molecule has 0 atom stereocenters. The number of fused-ring (bicyclic) bond motifs is 1. The average molecular weight is 414 g/mol. The molecule has 8 nitrogen and oxygen atoms in total. The molecule has 0 aliphatic rings. The number of hydrogen-bond donors (Lipinski definition) is 1. The van der Waals surface area contributed by atoms with Gasteiger partial charge in [-0.15, -0.1) is 16.4 Å². The zero-order valence-corrected chi connectivity index (χ0v) is 16.0. The molecule has 140 valence electrons. The smallest absolute Gasteiger partial charge is 0.288 e. The number of anilines is 1. The molecule has 2 aromatic carbocycles. The highest BCUT2D eigenvalue weighted by atomic mass is 35.5. The average Bonchev–Trinajstić information content (AvgIpc) is 3.22. The lowest BCUT2D eigenvalue weighted by molar-refractivity contribution is -0.384. The van der Waals surface area contributed by atoms with Crippen LogP contribution in [0.25, 0.3) is 16.2 Å². The highest BCUT2D eigenvalue weighted by molar-refractivity contribution is 7.15. The van der Waals surface area contributed by atoms with Crippen LogP contribution in [0.5, 0.6) is 0 Å². The van der Waals surface area contributed by atoms with E-state index in [1.54, 1.807) is 4.52 Å². The molecule has 0 radical (unpaired) electrons. The predicted molar refractivity (Wildman–Crippen MR) is 107 cm³/mol. The maximum Gasteiger partial charge on any atom is 0.288 e. The van der Waals surface area contributed by atoms with Crippen LogP contribution >= 0.6 is 22.9 Å². The van der Waals surface area contributed by atoms with E-state index in [0.29, 0.717) is 4.96 Å². The molecule has 2 heterocycles. The molecule has 0 saturated heterocycles. The highest BCUT2D eigenvalue weighted by Gasteiger charge is 2.18. The maximum absolute atomic E-state index is 12.4. The van der Waals surface area contributed by atoms with Crippen molar-refractivity contribution in [2.75, 3.05) is 5.32 Å². The van der Waals surface area contributed by atoms with Gasteiger partial charge in [-0.25, -0.2) is 4.52 Å². The van der Waals surface area contributed by atoms with E-state index >= 15 is 0 Å². The second-order valence-electron chi connectivity index (χ2n) is 5.99. The summed E-state index contributed by atoms with van der Waals surface area (Å²) in [5.74, 6) is -0.447. The van der Waals surface area contributed by atoms with E-state index in [2.05, 4.69) is 15.4 Å². The van der Waals surface area contributed by atoms with Gasteiger partial charge in [-0.1, -0.05) is 41.4 Å². The summed E-state index contributed by atoms with van der Waals surface area (Å²) in [5.41, 5.74) is 2.74. The van der Waals surface area contributed by atoms with Crippen LogP contribution in [0.15, 0.2) is 47.8 Å². The van der Waals surface area contributed by atoms with Crippen LogP contribution in [-0.2, 0) is 0 Å². The van der Waals surface area contributed by atoms with Crippen molar-refractivity contribution in [3.63, 3.8) is 0 Å². The lowest BCUT2D eigenvalue weighted by Gasteiger charge is -2.02. The number of amides is 1. The Balaban J connectivity index is 1.62. The van der Waals surface area contributed by atoms with E-state index in [0.717, 1.165) is 22.9 Å². The van der Waals surface area contributed by atoms with E-state index in [-0.39, 0.29) is 22.2 Å². The van der Waals surface area contributed by atoms with Gasteiger partial charge in [-0.2, -0.15) is 4.98 Å². The third-order valence-corrected chi connectivity index (χ3v) is 5.20. The Morgan fingerprint density at radius 1 is 1.25 bits per heavy atom. The highest BCUT2D eigenvalue weighted by Crippen LogP contribution is 2.27. The van der Waals surface area contributed by atoms with Gasteiger partial charge in [0.2, 0.25) is 4.96 Å². The molecule has 0 aliphatic heterocycles. The van der Waals surface area contributed by atoms with Crippen LogP contribution in [0.4, 0.5) is 11.6 Å². The van der Waals surface area contributed by atoms with Crippen LogP contribution in [0.3, 0.4) is 0 Å². The predicted octanol–water partition coefficient (Wildman–Crippen LogP) is 4.58. The quantitative estimate of drug-likeness (QED) is 0.389. The fraction of sp³-hybridized carbons (Fsp3) is 0.0556. The number of benzene rings is 2. The van der Waals surface area contributed by atoms with Crippen LogP contribution in [0, 0.1) is 17.0 Å². The molecule has 2 aromatic heterocycles. The van der Waals surface area contributed by atoms with Gasteiger partial charge in [-0.05, 0) is 19.1 Å². The number of hydrogen-bond acceptors (Lipinski definition) is 6. The van der Waals surface area contributed by atoms with Crippen LogP contribution in [-0.4, -0.2) is 25.4 Å². The molecule has 1 amide bonds.